The summed E-state index contributed by atoms with van der Waals surface area (Å²) in [6.45, 7) is 14.2. The Morgan fingerprint density at radius 1 is 0.968 bits per heavy atom. The molecule has 166 valence electrons. The molecule has 5 rings (SSSR count). The fourth-order valence-electron chi connectivity index (χ4n) is 4.65. The van der Waals surface area contributed by atoms with Gasteiger partial charge in [-0.1, -0.05) is 31.5 Å². The summed E-state index contributed by atoms with van der Waals surface area (Å²) < 4.78 is 2.05. The van der Waals surface area contributed by atoms with E-state index in [0.717, 1.165) is 49.1 Å². The second kappa shape index (κ2) is 10.2. The summed E-state index contributed by atoms with van der Waals surface area (Å²) in [5, 5.41) is 9.68. The summed E-state index contributed by atoms with van der Waals surface area (Å²) in [5.41, 5.74) is 3.43. The lowest BCUT2D eigenvalue weighted by Crippen LogP contribution is -2.47. The van der Waals surface area contributed by atoms with Gasteiger partial charge in [-0.3, -0.25) is 4.98 Å². The molecule has 0 atom stereocenters. The van der Waals surface area contributed by atoms with Crippen molar-refractivity contribution < 1.29 is 0 Å². The number of pyridine rings is 1. The number of nitrogens with one attached hydrogen (secondary N) is 1. The van der Waals surface area contributed by atoms with Crippen LogP contribution in [0.1, 0.15) is 32.3 Å². The maximum absolute atomic E-state index is 5.04. The van der Waals surface area contributed by atoms with Crippen molar-refractivity contribution in [1.82, 2.24) is 25.0 Å². The van der Waals surface area contributed by atoms with Gasteiger partial charge in [0.25, 0.3) is 0 Å². The molecule has 0 radical (unpaired) electrons. The Balaban J connectivity index is 0.00000112. The van der Waals surface area contributed by atoms with E-state index in [1.807, 2.05) is 30.9 Å². The molecule has 3 aromatic rings. The molecule has 0 amide bonds. The van der Waals surface area contributed by atoms with Gasteiger partial charge in [-0.05, 0) is 43.9 Å². The van der Waals surface area contributed by atoms with Crippen molar-refractivity contribution in [3.05, 3.63) is 48.3 Å². The number of hydrogen-bond donors (Lipinski definition) is 1. The summed E-state index contributed by atoms with van der Waals surface area (Å²) in [4.78, 5) is 9.46. The Labute approximate surface area is 186 Å². The second-order valence-electron chi connectivity index (χ2n) is 8.44. The number of fused-ring (bicyclic) bond motifs is 1. The summed E-state index contributed by atoms with van der Waals surface area (Å²) in [6, 6.07) is 10.7. The molecule has 6 heteroatoms. The second-order valence-corrected chi connectivity index (χ2v) is 8.44. The maximum atomic E-state index is 5.04. The molecule has 2 aliphatic rings. The molecular formula is C25H36N6. The van der Waals surface area contributed by atoms with Crippen LogP contribution in [0.2, 0.25) is 0 Å². The quantitative estimate of drug-likeness (QED) is 0.694. The molecule has 2 saturated heterocycles. The van der Waals surface area contributed by atoms with Gasteiger partial charge >= 0.3 is 0 Å². The molecule has 31 heavy (non-hydrogen) atoms. The Morgan fingerprint density at radius 2 is 1.68 bits per heavy atom. The predicted octanol–water partition coefficient (Wildman–Crippen LogP) is 3.88. The summed E-state index contributed by atoms with van der Waals surface area (Å²) >= 11 is 0. The minimum atomic E-state index is 0.802. The molecule has 6 nitrogen and oxygen atoms in total. The number of anilines is 1. The molecule has 0 aliphatic carbocycles. The van der Waals surface area contributed by atoms with E-state index in [1.54, 1.807) is 0 Å². The van der Waals surface area contributed by atoms with E-state index in [-0.39, 0.29) is 0 Å². The summed E-state index contributed by atoms with van der Waals surface area (Å²) in [7, 11) is 0. The molecule has 1 aromatic carbocycles. The van der Waals surface area contributed by atoms with Crippen molar-refractivity contribution in [1.29, 1.82) is 0 Å². The molecule has 4 heterocycles. The number of piperazine rings is 1. The normalized spacial score (nSPS) is 18.1. The van der Waals surface area contributed by atoms with E-state index in [2.05, 4.69) is 57.4 Å². The largest absolute Gasteiger partial charge is 0.355 e. The number of piperidine rings is 1. The van der Waals surface area contributed by atoms with Gasteiger partial charge in [0.15, 0.2) is 5.82 Å². The van der Waals surface area contributed by atoms with Crippen molar-refractivity contribution >= 4 is 16.7 Å². The third-order valence-electron chi connectivity index (χ3n) is 6.38. The lowest BCUT2D eigenvalue weighted by molar-refractivity contribution is 0.190. The molecule has 0 spiro atoms. The highest BCUT2D eigenvalue weighted by Gasteiger charge is 2.25. The lowest BCUT2D eigenvalue weighted by atomic mass is 9.96. The van der Waals surface area contributed by atoms with Crippen LogP contribution in [0.5, 0.6) is 0 Å². The average molecular weight is 421 g/mol. The van der Waals surface area contributed by atoms with Crippen molar-refractivity contribution in [2.45, 2.75) is 33.6 Å². The van der Waals surface area contributed by atoms with Gasteiger partial charge in [-0.15, -0.1) is 5.10 Å². The number of aryl methyl sites for hydroxylation is 1. The van der Waals surface area contributed by atoms with Crippen LogP contribution in [0.3, 0.4) is 0 Å². The number of rotatable bonds is 4. The van der Waals surface area contributed by atoms with Gasteiger partial charge in [0.05, 0.1) is 17.4 Å². The van der Waals surface area contributed by atoms with Crippen LogP contribution < -0.4 is 10.2 Å². The van der Waals surface area contributed by atoms with E-state index < -0.39 is 0 Å². The van der Waals surface area contributed by atoms with Crippen LogP contribution in [-0.2, 0) is 0 Å². The van der Waals surface area contributed by atoms with Gasteiger partial charge in [-0.2, -0.15) is 0 Å². The third-order valence-corrected chi connectivity index (χ3v) is 6.38. The lowest BCUT2D eigenvalue weighted by Gasteiger charge is -2.36. The zero-order valence-corrected chi connectivity index (χ0v) is 19.2. The van der Waals surface area contributed by atoms with Gasteiger partial charge in [0.2, 0.25) is 0 Å². The van der Waals surface area contributed by atoms with Crippen LogP contribution in [-0.4, -0.2) is 65.5 Å². The van der Waals surface area contributed by atoms with Crippen molar-refractivity contribution in [2.24, 2.45) is 5.92 Å². The average Bonchev–Trinajstić information content (AvgIpc) is 3.22. The highest BCUT2D eigenvalue weighted by atomic mass is 15.4. The predicted molar refractivity (Wildman–Crippen MR) is 129 cm³/mol. The molecule has 0 unspecified atom stereocenters. The van der Waals surface area contributed by atoms with Gasteiger partial charge in [-0.25, -0.2) is 4.68 Å². The van der Waals surface area contributed by atoms with E-state index in [4.69, 9.17) is 5.10 Å². The number of nitrogens with zero attached hydrogens (tertiary/aromatic N) is 5. The van der Waals surface area contributed by atoms with Gasteiger partial charge < -0.3 is 15.1 Å². The zero-order chi connectivity index (χ0) is 21.6. The van der Waals surface area contributed by atoms with E-state index in [0.29, 0.717) is 0 Å². The fraction of sp³-hybridized carbons (Fsp3) is 0.520. The smallest absolute Gasteiger partial charge is 0.159 e. The molecule has 2 aromatic heterocycles. The molecule has 0 bridgehead atoms. The Bertz CT molecular complexity index is 950. The Hall–Kier alpha value is -2.44. The van der Waals surface area contributed by atoms with Crippen LogP contribution >= 0.6 is 0 Å². The van der Waals surface area contributed by atoms with Crippen molar-refractivity contribution in [2.75, 3.05) is 50.7 Å². The summed E-state index contributed by atoms with van der Waals surface area (Å²) in [5.74, 6) is 1.90. The first-order valence-corrected chi connectivity index (χ1v) is 11.9. The van der Waals surface area contributed by atoms with E-state index in [9.17, 15) is 0 Å². The molecule has 0 saturated carbocycles. The molecule has 2 fully saturated rings. The fourth-order valence-corrected chi connectivity index (χ4v) is 4.65. The Kier molecular flexibility index (Phi) is 7.20. The number of hydrogen-bond acceptors (Lipinski definition) is 5. The van der Waals surface area contributed by atoms with Crippen LogP contribution in [0.25, 0.3) is 16.6 Å². The van der Waals surface area contributed by atoms with Crippen LogP contribution in [0.4, 0.5) is 5.82 Å². The molecule has 2 aliphatic heterocycles. The standard InChI is InChI=1S/C23H30N6.C2H6/c1-18-2-4-20(5-3-18)29-22-16-25-9-6-21(22)23(26-29)28-12-7-19(8-13-28)17-27-14-10-24-11-15-27;1-2/h2-6,9,16,19,24H,7-8,10-15,17H2,1H3;1-2H3. The zero-order valence-electron chi connectivity index (χ0n) is 19.2. The highest BCUT2D eigenvalue weighted by molar-refractivity contribution is 5.91. The molecule has 1 N–H and O–H groups in total. The number of benzene rings is 1. The first-order valence-electron chi connectivity index (χ1n) is 11.9. The number of aromatic nitrogens is 3. The first-order chi connectivity index (χ1) is 15.3. The minimum absolute atomic E-state index is 0.802. The Morgan fingerprint density at radius 3 is 2.39 bits per heavy atom. The van der Waals surface area contributed by atoms with E-state index >= 15 is 0 Å². The van der Waals surface area contributed by atoms with E-state index in [1.165, 1.54) is 43.4 Å². The monoisotopic (exact) mass is 420 g/mol. The SMILES string of the molecule is CC.Cc1ccc(-n2nc(N3CCC(CN4CCNCC4)CC3)c3ccncc32)cc1. The minimum Gasteiger partial charge on any atom is -0.355 e. The van der Waals surface area contributed by atoms with Gasteiger partial charge in [0, 0.05) is 57.4 Å². The van der Waals surface area contributed by atoms with Gasteiger partial charge in [0.1, 0.15) is 0 Å². The summed E-state index contributed by atoms with van der Waals surface area (Å²) in [6.07, 6.45) is 6.30. The molecular weight excluding hydrogens is 384 g/mol. The van der Waals surface area contributed by atoms with Crippen LogP contribution in [0, 0.1) is 12.8 Å². The van der Waals surface area contributed by atoms with Crippen molar-refractivity contribution in [3.63, 3.8) is 0 Å². The maximum Gasteiger partial charge on any atom is 0.159 e. The van der Waals surface area contributed by atoms with Crippen LogP contribution in [0.15, 0.2) is 42.7 Å². The highest BCUT2D eigenvalue weighted by Crippen LogP contribution is 2.31. The van der Waals surface area contributed by atoms with Crippen molar-refractivity contribution in [3.8, 4) is 5.69 Å². The first kappa shape index (κ1) is 21.8. The third kappa shape index (κ3) is 4.91. The topological polar surface area (TPSA) is 49.2 Å².